The van der Waals surface area contributed by atoms with Crippen molar-refractivity contribution >= 4 is 17.5 Å². The van der Waals surface area contributed by atoms with Crippen LogP contribution in [0.4, 0.5) is 5.69 Å². The second kappa shape index (κ2) is 10.2. The first kappa shape index (κ1) is 21.1. The maximum Gasteiger partial charge on any atom is 0.255 e. The second-order valence-corrected chi connectivity index (χ2v) is 8.02. The number of hydrogen-bond donors (Lipinski definition) is 3. The van der Waals surface area contributed by atoms with E-state index in [2.05, 4.69) is 22.9 Å². The molecule has 0 bridgehead atoms. The van der Waals surface area contributed by atoms with Crippen LogP contribution in [0.25, 0.3) is 0 Å². The van der Waals surface area contributed by atoms with Crippen LogP contribution in [0, 0.1) is 11.8 Å². The molecule has 3 rings (SSSR count). The van der Waals surface area contributed by atoms with E-state index >= 15 is 0 Å². The third-order valence-electron chi connectivity index (χ3n) is 5.71. The fourth-order valence-electron chi connectivity index (χ4n) is 3.89. The quantitative estimate of drug-likeness (QED) is 0.662. The van der Waals surface area contributed by atoms with Crippen LogP contribution in [0.3, 0.4) is 0 Å². The topological polar surface area (TPSA) is 70.2 Å². The Bertz CT molecular complexity index is 816. The van der Waals surface area contributed by atoms with Gasteiger partial charge < -0.3 is 16.0 Å². The van der Waals surface area contributed by atoms with E-state index < -0.39 is 0 Å². The van der Waals surface area contributed by atoms with Crippen molar-refractivity contribution in [1.29, 1.82) is 0 Å². The van der Waals surface area contributed by atoms with Gasteiger partial charge in [-0.15, -0.1) is 0 Å². The summed E-state index contributed by atoms with van der Waals surface area (Å²) in [5.74, 6) is 0.872. The van der Waals surface area contributed by atoms with Crippen LogP contribution < -0.4 is 16.0 Å². The normalized spacial score (nSPS) is 18.5. The molecular formula is C24H31N3O2. The van der Waals surface area contributed by atoms with Crippen molar-refractivity contribution < 1.29 is 9.59 Å². The summed E-state index contributed by atoms with van der Waals surface area (Å²) in [4.78, 5) is 24.9. The lowest BCUT2D eigenvalue weighted by Gasteiger charge is -2.28. The van der Waals surface area contributed by atoms with E-state index in [1.165, 1.54) is 12.8 Å². The molecule has 29 heavy (non-hydrogen) atoms. The van der Waals surface area contributed by atoms with Gasteiger partial charge in [-0.05, 0) is 74.5 Å². The van der Waals surface area contributed by atoms with Gasteiger partial charge >= 0.3 is 0 Å². The maximum absolute atomic E-state index is 12.5. The highest BCUT2D eigenvalue weighted by Crippen LogP contribution is 2.23. The van der Waals surface area contributed by atoms with E-state index in [4.69, 9.17) is 0 Å². The van der Waals surface area contributed by atoms with Crippen LogP contribution in [0.5, 0.6) is 0 Å². The van der Waals surface area contributed by atoms with Gasteiger partial charge in [0.2, 0.25) is 5.91 Å². The van der Waals surface area contributed by atoms with E-state index in [-0.39, 0.29) is 17.9 Å². The first-order valence-electron chi connectivity index (χ1n) is 10.5. The Balaban J connectivity index is 1.55. The van der Waals surface area contributed by atoms with Crippen LogP contribution >= 0.6 is 0 Å². The van der Waals surface area contributed by atoms with E-state index in [1.54, 1.807) is 12.1 Å². The van der Waals surface area contributed by atoms with E-state index in [0.29, 0.717) is 23.8 Å². The van der Waals surface area contributed by atoms with E-state index in [0.717, 1.165) is 24.3 Å². The molecule has 5 heteroatoms. The Morgan fingerprint density at radius 3 is 2.62 bits per heavy atom. The summed E-state index contributed by atoms with van der Waals surface area (Å²) in [7, 11) is 0. The number of nitrogens with one attached hydrogen (secondary N) is 3. The molecule has 1 heterocycles. The fraction of sp³-hybridized carbons (Fsp3) is 0.417. The highest BCUT2D eigenvalue weighted by Gasteiger charge is 2.22. The average molecular weight is 394 g/mol. The molecule has 2 amide bonds. The van der Waals surface area contributed by atoms with E-state index in [9.17, 15) is 9.59 Å². The lowest BCUT2D eigenvalue weighted by molar-refractivity contribution is -0.123. The summed E-state index contributed by atoms with van der Waals surface area (Å²) >= 11 is 0. The Kier molecular flexibility index (Phi) is 7.42. The van der Waals surface area contributed by atoms with Gasteiger partial charge in [0.25, 0.3) is 5.91 Å². The average Bonchev–Trinajstić information content (AvgIpc) is 2.75. The minimum atomic E-state index is -0.144. The number of benzene rings is 2. The molecule has 0 aromatic heterocycles. The van der Waals surface area contributed by atoms with Crippen molar-refractivity contribution in [2.24, 2.45) is 11.8 Å². The number of carbonyl (C=O) groups excluding carboxylic acids is 2. The van der Waals surface area contributed by atoms with Gasteiger partial charge in [-0.1, -0.05) is 37.3 Å². The monoisotopic (exact) mass is 393 g/mol. The van der Waals surface area contributed by atoms with Gasteiger partial charge in [0.1, 0.15) is 0 Å². The molecule has 5 nitrogen and oxygen atoms in total. The van der Waals surface area contributed by atoms with Crippen molar-refractivity contribution in [3.8, 4) is 0 Å². The van der Waals surface area contributed by atoms with Crippen LogP contribution in [0.15, 0.2) is 54.6 Å². The summed E-state index contributed by atoms with van der Waals surface area (Å²) in [6, 6.07) is 16.7. The van der Waals surface area contributed by atoms with Crippen molar-refractivity contribution in [1.82, 2.24) is 10.6 Å². The van der Waals surface area contributed by atoms with Gasteiger partial charge in [-0.3, -0.25) is 9.59 Å². The standard InChI is InChI=1S/C24H31N3O2/c1-17(21-11-7-13-25-16-21)14-23(28)26-18(2)20-10-6-12-22(15-20)27-24(29)19-8-4-3-5-9-19/h3-6,8-10,12,15,17-18,21,25H,7,11,13-14,16H2,1-2H3,(H,26,28)(H,27,29). The molecule has 3 atom stereocenters. The van der Waals surface area contributed by atoms with Crippen LogP contribution in [-0.4, -0.2) is 24.9 Å². The zero-order valence-corrected chi connectivity index (χ0v) is 17.3. The Morgan fingerprint density at radius 2 is 1.90 bits per heavy atom. The fourth-order valence-corrected chi connectivity index (χ4v) is 3.89. The molecule has 154 valence electrons. The maximum atomic E-state index is 12.5. The van der Waals surface area contributed by atoms with Crippen molar-refractivity contribution in [3.05, 3.63) is 65.7 Å². The predicted molar refractivity (Wildman–Crippen MR) is 117 cm³/mol. The molecule has 1 aliphatic heterocycles. The first-order valence-corrected chi connectivity index (χ1v) is 10.5. The van der Waals surface area contributed by atoms with Gasteiger partial charge in [-0.25, -0.2) is 0 Å². The van der Waals surface area contributed by atoms with E-state index in [1.807, 2.05) is 49.4 Å². The second-order valence-electron chi connectivity index (χ2n) is 8.02. The van der Waals surface area contributed by atoms with Gasteiger partial charge in [0, 0.05) is 17.7 Å². The number of amides is 2. The lowest BCUT2D eigenvalue weighted by atomic mass is 9.85. The smallest absolute Gasteiger partial charge is 0.255 e. The molecule has 2 aromatic rings. The van der Waals surface area contributed by atoms with Gasteiger partial charge in [0.15, 0.2) is 0 Å². The zero-order chi connectivity index (χ0) is 20.6. The van der Waals surface area contributed by atoms with Crippen molar-refractivity contribution in [3.63, 3.8) is 0 Å². The third-order valence-corrected chi connectivity index (χ3v) is 5.71. The SMILES string of the molecule is CC(NC(=O)CC(C)C1CCCNC1)c1cccc(NC(=O)c2ccccc2)c1. The molecule has 1 saturated heterocycles. The van der Waals surface area contributed by atoms with Crippen molar-refractivity contribution in [2.45, 2.75) is 39.2 Å². The Hall–Kier alpha value is -2.66. The lowest BCUT2D eigenvalue weighted by Crippen LogP contribution is -2.36. The minimum absolute atomic E-state index is 0.0781. The highest BCUT2D eigenvalue weighted by molar-refractivity contribution is 6.04. The highest BCUT2D eigenvalue weighted by atomic mass is 16.2. The molecule has 0 saturated carbocycles. The summed E-state index contributed by atoms with van der Waals surface area (Å²) in [6.45, 7) is 6.24. The number of carbonyl (C=O) groups is 2. The molecule has 0 aliphatic carbocycles. The molecular weight excluding hydrogens is 362 g/mol. The van der Waals surface area contributed by atoms with Crippen LogP contribution in [0.2, 0.25) is 0 Å². The summed E-state index contributed by atoms with van der Waals surface area (Å²) in [5.41, 5.74) is 2.31. The first-order chi connectivity index (χ1) is 14.0. The molecule has 3 unspecified atom stereocenters. The molecule has 3 N–H and O–H groups in total. The number of piperidine rings is 1. The minimum Gasteiger partial charge on any atom is -0.350 e. The summed E-state index contributed by atoms with van der Waals surface area (Å²) in [6.07, 6.45) is 2.93. The molecule has 0 spiro atoms. The summed E-state index contributed by atoms with van der Waals surface area (Å²) in [5, 5.41) is 9.45. The Morgan fingerprint density at radius 1 is 1.10 bits per heavy atom. The predicted octanol–water partition coefficient (Wildman–Crippen LogP) is 4.14. The zero-order valence-electron chi connectivity index (χ0n) is 17.3. The number of anilines is 1. The number of hydrogen-bond acceptors (Lipinski definition) is 3. The van der Waals surface area contributed by atoms with Crippen molar-refractivity contribution in [2.75, 3.05) is 18.4 Å². The molecule has 1 fully saturated rings. The third kappa shape index (κ3) is 6.16. The molecule has 2 aromatic carbocycles. The molecule has 0 radical (unpaired) electrons. The van der Waals surface area contributed by atoms with Crippen LogP contribution in [-0.2, 0) is 4.79 Å². The van der Waals surface area contributed by atoms with Crippen LogP contribution in [0.1, 0.15) is 55.1 Å². The van der Waals surface area contributed by atoms with Gasteiger partial charge in [0.05, 0.1) is 6.04 Å². The Labute approximate surface area is 173 Å². The molecule has 1 aliphatic rings. The summed E-state index contributed by atoms with van der Waals surface area (Å²) < 4.78 is 0. The largest absolute Gasteiger partial charge is 0.350 e. The number of rotatable bonds is 7. The van der Waals surface area contributed by atoms with Gasteiger partial charge in [-0.2, -0.15) is 0 Å².